The fraction of sp³-hybridized carbons (Fsp3) is 0.692. The Morgan fingerprint density at radius 3 is 1.50 bits per heavy atom. The van der Waals surface area contributed by atoms with Gasteiger partial charge < -0.3 is 4.57 Å². The zero-order valence-corrected chi connectivity index (χ0v) is 10.6. The number of aromatic nitrogens is 1. The molecule has 0 saturated carbocycles. The van der Waals surface area contributed by atoms with Gasteiger partial charge in [-0.05, 0) is 45.2 Å². The van der Waals surface area contributed by atoms with Crippen LogP contribution in [0.25, 0.3) is 0 Å². The molecule has 0 aliphatic carbocycles. The van der Waals surface area contributed by atoms with Crippen molar-refractivity contribution in [2.24, 2.45) is 5.41 Å². The SMILES string of the molecule is Cc1ccc(C)n1C(C)(C)C(C)(C)C. The van der Waals surface area contributed by atoms with Crippen LogP contribution in [-0.2, 0) is 5.54 Å². The molecule has 14 heavy (non-hydrogen) atoms. The fourth-order valence-corrected chi connectivity index (χ4v) is 1.89. The van der Waals surface area contributed by atoms with E-state index in [2.05, 4.69) is 65.2 Å². The third-order valence-electron chi connectivity index (χ3n) is 3.67. The quantitative estimate of drug-likeness (QED) is 0.637. The van der Waals surface area contributed by atoms with Gasteiger partial charge in [0, 0.05) is 16.9 Å². The zero-order valence-electron chi connectivity index (χ0n) is 10.6. The summed E-state index contributed by atoms with van der Waals surface area (Å²) in [6.45, 7) is 15.9. The van der Waals surface area contributed by atoms with Crippen molar-refractivity contribution < 1.29 is 0 Å². The summed E-state index contributed by atoms with van der Waals surface area (Å²) >= 11 is 0. The number of nitrogens with zero attached hydrogens (tertiary/aromatic N) is 1. The van der Waals surface area contributed by atoms with Crippen LogP contribution in [-0.4, -0.2) is 4.57 Å². The van der Waals surface area contributed by atoms with Gasteiger partial charge in [-0.1, -0.05) is 20.8 Å². The molecule has 0 atom stereocenters. The van der Waals surface area contributed by atoms with Gasteiger partial charge in [-0.15, -0.1) is 0 Å². The molecule has 0 saturated heterocycles. The van der Waals surface area contributed by atoms with Crippen LogP contribution in [0.3, 0.4) is 0 Å². The van der Waals surface area contributed by atoms with Gasteiger partial charge in [0.25, 0.3) is 0 Å². The molecular formula is C13H23N. The summed E-state index contributed by atoms with van der Waals surface area (Å²) in [5, 5.41) is 0. The van der Waals surface area contributed by atoms with E-state index < -0.39 is 0 Å². The van der Waals surface area contributed by atoms with Gasteiger partial charge in [0.05, 0.1) is 0 Å². The molecule has 0 aliphatic heterocycles. The van der Waals surface area contributed by atoms with Crippen molar-refractivity contribution in [1.29, 1.82) is 0 Å². The van der Waals surface area contributed by atoms with Crippen LogP contribution in [0.4, 0.5) is 0 Å². The summed E-state index contributed by atoms with van der Waals surface area (Å²) in [6, 6.07) is 4.39. The maximum Gasteiger partial charge on any atom is 0.0436 e. The van der Waals surface area contributed by atoms with E-state index in [1.165, 1.54) is 11.4 Å². The average Bonchev–Trinajstić information content (AvgIpc) is 2.28. The van der Waals surface area contributed by atoms with Crippen molar-refractivity contribution in [3.63, 3.8) is 0 Å². The highest BCUT2D eigenvalue weighted by Crippen LogP contribution is 2.38. The van der Waals surface area contributed by atoms with Gasteiger partial charge in [0.1, 0.15) is 0 Å². The van der Waals surface area contributed by atoms with E-state index in [9.17, 15) is 0 Å². The minimum Gasteiger partial charge on any atom is -0.343 e. The predicted molar refractivity (Wildman–Crippen MR) is 62.7 cm³/mol. The van der Waals surface area contributed by atoms with E-state index in [0.29, 0.717) is 0 Å². The molecule has 0 fully saturated rings. The third kappa shape index (κ3) is 1.60. The van der Waals surface area contributed by atoms with E-state index in [1.54, 1.807) is 0 Å². The van der Waals surface area contributed by atoms with Crippen molar-refractivity contribution >= 4 is 0 Å². The molecule has 80 valence electrons. The molecule has 0 N–H and O–H groups in total. The second kappa shape index (κ2) is 3.15. The van der Waals surface area contributed by atoms with Gasteiger partial charge >= 0.3 is 0 Å². The van der Waals surface area contributed by atoms with Crippen LogP contribution >= 0.6 is 0 Å². The Hall–Kier alpha value is -0.720. The Bertz CT molecular complexity index is 304. The number of aryl methyl sites for hydroxylation is 2. The van der Waals surface area contributed by atoms with E-state index in [4.69, 9.17) is 0 Å². The number of rotatable bonds is 1. The van der Waals surface area contributed by atoms with Crippen LogP contribution in [0.15, 0.2) is 12.1 Å². The standard InChI is InChI=1S/C13H23N/c1-10-8-9-11(2)14(10)13(6,7)12(3,4)5/h8-9H,1-7H3. The predicted octanol–water partition coefficient (Wildman–Crippen LogP) is 3.89. The molecule has 0 bridgehead atoms. The number of hydrogen-bond donors (Lipinski definition) is 0. The highest BCUT2D eigenvalue weighted by atomic mass is 15.1. The Labute approximate surface area is 88.1 Å². The fourth-order valence-electron chi connectivity index (χ4n) is 1.89. The van der Waals surface area contributed by atoms with Gasteiger partial charge in [-0.25, -0.2) is 0 Å². The minimum absolute atomic E-state index is 0.157. The molecule has 1 aromatic heterocycles. The molecular weight excluding hydrogens is 170 g/mol. The highest BCUT2D eigenvalue weighted by Gasteiger charge is 2.35. The molecule has 1 aromatic rings. The lowest BCUT2D eigenvalue weighted by Gasteiger charge is -2.42. The summed E-state index contributed by atoms with van der Waals surface area (Å²) in [6.07, 6.45) is 0. The van der Waals surface area contributed by atoms with Crippen molar-refractivity contribution in [2.75, 3.05) is 0 Å². The smallest absolute Gasteiger partial charge is 0.0436 e. The normalized spacial score (nSPS) is 13.4. The first-order chi connectivity index (χ1) is 6.18. The Kier molecular flexibility index (Phi) is 2.55. The Morgan fingerprint density at radius 1 is 0.857 bits per heavy atom. The zero-order chi connectivity index (χ0) is 11.1. The molecule has 1 nitrogen and oxygen atoms in total. The molecule has 0 aliphatic rings. The van der Waals surface area contributed by atoms with Crippen LogP contribution in [0, 0.1) is 19.3 Å². The van der Waals surface area contributed by atoms with Gasteiger partial charge in [0.15, 0.2) is 0 Å². The van der Waals surface area contributed by atoms with E-state index in [0.717, 1.165) is 0 Å². The first-order valence-electron chi connectivity index (χ1n) is 5.33. The van der Waals surface area contributed by atoms with Crippen molar-refractivity contribution in [2.45, 2.75) is 54.0 Å². The molecule has 0 amide bonds. The van der Waals surface area contributed by atoms with Gasteiger partial charge in [0.2, 0.25) is 0 Å². The largest absolute Gasteiger partial charge is 0.343 e. The molecule has 0 radical (unpaired) electrons. The first-order valence-corrected chi connectivity index (χ1v) is 5.33. The molecule has 0 spiro atoms. The maximum absolute atomic E-state index is 2.44. The maximum atomic E-state index is 2.44. The third-order valence-corrected chi connectivity index (χ3v) is 3.67. The average molecular weight is 193 g/mol. The summed E-state index contributed by atoms with van der Waals surface area (Å²) in [7, 11) is 0. The molecule has 0 unspecified atom stereocenters. The van der Waals surface area contributed by atoms with E-state index in [1.807, 2.05) is 0 Å². The Morgan fingerprint density at radius 2 is 1.21 bits per heavy atom. The second-order valence-corrected chi connectivity index (χ2v) is 5.76. The van der Waals surface area contributed by atoms with Gasteiger partial charge in [-0.3, -0.25) is 0 Å². The molecule has 1 heteroatoms. The Balaban J connectivity index is 3.29. The molecule has 0 aromatic carbocycles. The van der Waals surface area contributed by atoms with Crippen LogP contribution in [0.1, 0.15) is 46.0 Å². The van der Waals surface area contributed by atoms with Crippen LogP contribution in [0.2, 0.25) is 0 Å². The summed E-state index contributed by atoms with van der Waals surface area (Å²) in [5.74, 6) is 0. The highest BCUT2D eigenvalue weighted by molar-refractivity contribution is 5.17. The summed E-state index contributed by atoms with van der Waals surface area (Å²) in [5.41, 5.74) is 3.12. The van der Waals surface area contributed by atoms with E-state index in [-0.39, 0.29) is 11.0 Å². The lowest BCUT2D eigenvalue weighted by Crippen LogP contribution is -2.41. The van der Waals surface area contributed by atoms with Crippen LogP contribution < -0.4 is 0 Å². The molecule has 1 heterocycles. The topological polar surface area (TPSA) is 4.93 Å². The lowest BCUT2D eigenvalue weighted by atomic mass is 9.76. The first kappa shape index (κ1) is 11.4. The van der Waals surface area contributed by atoms with Crippen molar-refractivity contribution in [1.82, 2.24) is 4.57 Å². The van der Waals surface area contributed by atoms with Gasteiger partial charge in [-0.2, -0.15) is 0 Å². The van der Waals surface area contributed by atoms with Crippen molar-refractivity contribution in [3.8, 4) is 0 Å². The minimum atomic E-state index is 0.157. The number of hydrogen-bond acceptors (Lipinski definition) is 0. The van der Waals surface area contributed by atoms with Crippen LogP contribution in [0.5, 0.6) is 0 Å². The van der Waals surface area contributed by atoms with E-state index >= 15 is 0 Å². The molecule has 1 rings (SSSR count). The second-order valence-electron chi connectivity index (χ2n) is 5.76. The lowest BCUT2D eigenvalue weighted by molar-refractivity contribution is 0.135. The summed E-state index contributed by atoms with van der Waals surface area (Å²) in [4.78, 5) is 0. The summed E-state index contributed by atoms with van der Waals surface area (Å²) < 4.78 is 2.44. The van der Waals surface area contributed by atoms with Crippen molar-refractivity contribution in [3.05, 3.63) is 23.5 Å². The monoisotopic (exact) mass is 193 g/mol.